The number of aliphatic hydroxyl groups excluding tert-OH is 1. The summed E-state index contributed by atoms with van der Waals surface area (Å²) in [7, 11) is 0. The molecule has 0 radical (unpaired) electrons. The minimum absolute atomic E-state index is 0.0406. The Morgan fingerprint density at radius 2 is 1.64 bits per heavy atom. The first kappa shape index (κ1) is 16.9. The second kappa shape index (κ2) is 6.91. The molecule has 1 saturated heterocycles. The maximum atomic E-state index is 12.7. The lowest BCUT2D eigenvalue weighted by Crippen LogP contribution is -2.63. The number of amides is 1. The summed E-state index contributed by atoms with van der Waals surface area (Å²) in [4.78, 5) is 26.7. The van der Waals surface area contributed by atoms with Crippen LogP contribution in [-0.2, 0) is 9.59 Å². The van der Waals surface area contributed by atoms with Gasteiger partial charge in [0.1, 0.15) is 5.76 Å². The van der Waals surface area contributed by atoms with Crippen molar-refractivity contribution in [2.24, 2.45) is 0 Å². The van der Waals surface area contributed by atoms with Gasteiger partial charge >= 0.3 is 0 Å². The number of quaternary nitrogens is 1. The number of rotatable bonds is 4. The van der Waals surface area contributed by atoms with Crippen LogP contribution in [0.2, 0.25) is 0 Å². The molecule has 1 aliphatic heterocycles. The van der Waals surface area contributed by atoms with Gasteiger partial charge in [-0.2, -0.15) is 0 Å². The van der Waals surface area contributed by atoms with Crippen molar-refractivity contribution in [2.75, 3.05) is 6.54 Å². The van der Waals surface area contributed by atoms with Crippen LogP contribution in [0.5, 0.6) is 0 Å². The summed E-state index contributed by atoms with van der Waals surface area (Å²) < 4.78 is 0. The Morgan fingerprint density at radius 3 is 2.20 bits per heavy atom. The van der Waals surface area contributed by atoms with Crippen LogP contribution in [0, 0.1) is 0 Å². The van der Waals surface area contributed by atoms with Gasteiger partial charge in [-0.15, -0.1) is 0 Å². The summed E-state index contributed by atoms with van der Waals surface area (Å²) >= 11 is 0. The van der Waals surface area contributed by atoms with Gasteiger partial charge in [-0.25, -0.2) is 0 Å². The minimum atomic E-state index is -0.657. The molecule has 1 heterocycles. The zero-order chi connectivity index (χ0) is 18.0. The molecule has 3 rings (SSSR count). The van der Waals surface area contributed by atoms with E-state index in [1.807, 2.05) is 43.3 Å². The van der Waals surface area contributed by atoms with Crippen molar-refractivity contribution >= 4 is 17.4 Å². The lowest BCUT2D eigenvalue weighted by molar-refractivity contribution is -0.414. The zero-order valence-corrected chi connectivity index (χ0v) is 14.1. The van der Waals surface area contributed by atoms with E-state index in [-0.39, 0.29) is 17.4 Å². The number of carbonyl (C=O) groups excluding carboxylic acids is 2. The van der Waals surface area contributed by atoms with Crippen LogP contribution in [0.1, 0.15) is 24.1 Å². The van der Waals surface area contributed by atoms with E-state index in [2.05, 4.69) is 5.73 Å². The Morgan fingerprint density at radius 1 is 1.08 bits per heavy atom. The lowest BCUT2D eigenvalue weighted by Gasteiger charge is -2.25. The molecule has 128 valence electrons. The summed E-state index contributed by atoms with van der Waals surface area (Å²) in [5.74, 6) is -1.40. The first-order valence-electron chi connectivity index (χ1n) is 8.22. The number of hydrogen-bond acceptors (Lipinski definition) is 3. The third-order valence-corrected chi connectivity index (χ3v) is 4.21. The molecule has 5 heteroatoms. The molecule has 0 aromatic heterocycles. The highest BCUT2D eigenvalue weighted by Gasteiger charge is 2.46. The minimum Gasteiger partial charge on any atom is -0.507 e. The standard InChI is InChI=1S/C20H20N2O3/c1-13(21)12-22-17(14-8-4-2-5-9-14)16(19(24)20(22)25)18(23)15-10-6-3-7-11-15/h2-11,13,17,23H,12,21H2,1H3/p+1/t13-,17+/m1/s1. The van der Waals surface area contributed by atoms with Crippen LogP contribution in [-0.4, -0.2) is 34.3 Å². The van der Waals surface area contributed by atoms with Crippen LogP contribution in [0.15, 0.2) is 66.2 Å². The van der Waals surface area contributed by atoms with E-state index in [1.54, 1.807) is 24.3 Å². The first-order valence-corrected chi connectivity index (χ1v) is 8.22. The molecule has 4 N–H and O–H groups in total. The highest BCUT2D eigenvalue weighted by molar-refractivity contribution is 6.46. The molecular weight excluding hydrogens is 316 g/mol. The van der Waals surface area contributed by atoms with Gasteiger partial charge in [0, 0.05) is 5.56 Å². The van der Waals surface area contributed by atoms with Gasteiger partial charge in [0.25, 0.3) is 11.7 Å². The van der Waals surface area contributed by atoms with E-state index in [1.165, 1.54) is 4.90 Å². The summed E-state index contributed by atoms with van der Waals surface area (Å²) in [5, 5.41) is 10.8. The number of hydrogen-bond donors (Lipinski definition) is 2. The highest BCUT2D eigenvalue weighted by atomic mass is 16.3. The molecule has 0 bridgehead atoms. The van der Waals surface area contributed by atoms with Crippen LogP contribution in [0.3, 0.4) is 0 Å². The zero-order valence-electron chi connectivity index (χ0n) is 14.1. The van der Waals surface area contributed by atoms with Crippen molar-refractivity contribution < 1.29 is 20.4 Å². The summed E-state index contributed by atoms with van der Waals surface area (Å²) in [6.07, 6.45) is 0. The third-order valence-electron chi connectivity index (χ3n) is 4.21. The van der Waals surface area contributed by atoms with Crippen molar-refractivity contribution in [3.8, 4) is 0 Å². The highest BCUT2D eigenvalue weighted by Crippen LogP contribution is 2.39. The number of aliphatic hydroxyl groups is 1. The fraction of sp³-hybridized carbons (Fsp3) is 0.200. The summed E-state index contributed by atoms with van der Waals surface area (Å²) in [5.41, 5.74) is 5.37. The Kier molecular flexibility index (Phi) is 4.67. The lowest BCUT2D eigenvalue weighted by atomic mass is 9.95. The Balaban J connectivity index is 2.18. The van der Waals surface area contributed by atoms with E-state index in [9.17, 15) is 14.7 Å². The third kappa shape index (κ3) is 3.19. The first-order chi connectivity index (χ1) is 12.0. The monoisotopic (exact) mass is 337 g/mol. The molecule has 2 aromatic carbocycles. The Bertz CT molecular complexity index is 813. The van der Waals surface area contributed by atoms with E-state index in [0.717, 1.165) is 5.56 Å². The van der Waals surface area contributed by atoms with Crippen molar-refractivity contribution in [3.63, 3.8) is 0 Å². The normalized spacial score (nSPS) is 20.7. The SMILES string of the molecule is C[C@@H]([NH3+])CN1C(=O)C(=O)C(=C(O)c2ccccc2)[C@@H]1c1ccccc1. The van der Waals surface area contributed by atoms with Crippen molar-refractivity contribution in [1.82, 2.24) is 4.90 Å². The van der Waals surface area contributed by atoms with Crippen LogP contribution in [0.4, 0.5) is 0 Å². The average molecular weight is 337 g/mol. The molecule has 2 atom stereocenters. The maximum absolute atomic E-state index is 12.7. The number of benzene rings is 2. The van der Waals surface area contributed by atoms with E-state index < -0.39 is 17.7 Å². The molecule has 2 aromatic rings. The van der Waals surface area contributed by atoms with E-state index >= 15 is 0 Å². The van der Waals surface area contributed by atoms with Crippen molar-refractivity contribution in [3.05, 3.63) is 77.4 Å². The smallest absolute Gasteiger partial charge is 0.295 e. The average Bonchev–Trinajstić information content (AvgIpc) is 2.87. The van der Waals surface area contributed by atoms with Gasteiger partial charge in [0.05, 0.1) is 24.2 Å². The molecule has 0 aliphatic carbocycles. The van der Waals surface area contributed by atoms with Gasteiger partial charge in [0.15, 0.2) is 0 Å². The molecule has 5 nitrogen and oxygen atoms in total. The van der Waals surface area contributed by atoms with Crippen LogP contribution >= 0.6 is 0 Å². The van der Waals surface area contributed by atoms with E-state index in [0.29, 0.717) is 12.1 Å². The van der Waals surface area contributed by atoms with Crippen LogP contribution < -0.4 is 5.73 Å². The molecular formula is C20H21N2O3+. The van der Waals surface area contributed by atoms with Gasteiger partial charge in [-0.1, -0.05) is 60.7 Å². The predicted octanol–water partition coefficient (Wildman–Crippen LogP) is 1.74. The predicted molar refractivity (Wildman–Crippen MR) is 94.2 cm³/mol. The van der Waals surface area contributed by atoms with Crippen molar-refractivity contribution in [2.45, 2.75) is 19.0 Å². The van der Waals surface area contributed by atoms with Gasteiger partial charge in [-0.3, -0.25) is 9.59 Å². The summed E-state index contributed by atoms with van der Waals surface area (Å²) in [6.45, 7) is 2.23. The fourth-order valence-corrected chi connectivity index (χ4v) is 3.14. The largest absolute Gasteiger partial charge is 0.507 e. The number of carbonyl (C=O) groups is 2. The topological polar surface area (TPSA) is 85.3 Å². The molecule has 1 fully saturated rings. The van der Waals surface area contributed by atoms with Crippen molar-refractivity contribution in [1.29, 1.82) is 0 Å². The number of nitrogens with zero attached hydrogens (tertiary/aromatic N) is 1. The quantitative estimate of drug-likeness (QED) is 0.506. The molecule has 25 heavy (non-hydrogen) atoms. The molecule has 0 spiro atoms. The molecule has 1 amide bonds. The number of Topliss-reactive ketones (excluding diaryl/α,β-unsaturated/α-hetero) is 1. The molecule has 0 unspecified atom stereocenters. The fourth-order valence-electron chi connectivity index (χ4n) is 3.14. The molecule has 1 aliphatic rings. The second-order valence-electron chi connectivity index (χ2n) is 6.33. The number of likely N-dealkylation sites (tertiary alicyclic amines) is 1. The van der Waals surface area contributed by atoms with Gasteiger partial charge < -0.3 is 15.7 Å². The Hall–Kier alpha value is -2.92. The Labute approximate surface area is 146 Å². The number of ketones is 1. The van der Waals surface area contributed by atoms with Gasteiger partial charge in [0.2, 0.25) is 0 Å². The maximum Gasteiger partial charge on any atom is 0.295 e. The summed E-state index contributed by atoms with van der Waals surface area (Å²) in [6, 6.07) is 17.5. The van der Waals surface area contributed by atoms with Crippen LogP contribution in [0.25, 0.3) is 5.76 Å². The second-order valence-corrected chi connectivity index (χ2v) is 6.33. The van der Waals surface area contributed by atoms with E-state index in [4.69, 9.17) is 0 Å². The van der Waals surface area contributed by atoms with Gasteiger partial charge in [-0.05, 0) is 12.5 Å². The molecule has 0 saturated carbocycles.